The summed E-state index contributed by atoms with van der Waals surface area (Å²) in [5, 5.41) is 21.0. The molecule has 86 valence electrons. The molecule has 1 aromatic rings. The molecule has 0 aliphatic heterocycles. The lowest BCUT2D eigenvalue weighted by atomic mass is 10.3. The molecule has 0 radical (unpaired) electrons. The predicted molar refractivity (Wildman–Crippen MR) is 68.0 cm³/mol. The van der Waals surface area contributed by atoms with E-state index in [1.54, 1.807) is 24.3 Å². The summed E-state index contributed by atoms with van der Waals surface area (Å²) < 4.78 is 5.77. The number of nitrogens with zero attached hydrogens (tertiary/aromatic N) is 3. The molecule has 0 aromatic heterocycles. The molecule has 5 nitrogen and oxygen atoms in total. The quantitative estimate of drug-likeness (QED) is 0.687. The molecule has 0 aliphatic rings. The highest BCUT2D eigenvalue weighted by Gasteiger charge is 2.07. The monoisotopic (exact) mass is 312 g/mol. The van der Waals surface area contributed by atoms with Crippen molar-refractivity contribution >= 4 is 38.9 Å². The van der Waals surface area contributed by atoms with Gasteiger partial charge in [0.15, 0.2) is 0 Å². The van der Waals surface area contributed by atoms with Crippen LogP contribution in [0, 0.1) is 22.7 Å². The molecule has 1 N–H and O–H groups in total. The molecular formula is C10H6BrClN4O. The van der Waals surface area contributed by atoms with Crippen LogP contribution in [0.25, 0.3) is 0 Å². The van der Waals surface area contributed by atoms with Crippen molar-refractivity contribution in [3.63, 3.8) is 0 Å². The van der Waals surface area contributed by atoms with Gasteiger partial charge in [-0.15, -0.1) is 0 Å². The fourth-order valence-electron chi connectivity index (χ4n) is 0.962. The van der Waals surface area contributed by atoms with Crippen molar-refractivity contribution in [1.29, 1.82) is 10.5 Å². The molecule has 0 saturated heterocycles. The summed E-state index contributed by atoms with van der Waals surface area (Å²) in [6, 6.07) is 6.47. The number of anilines is 1. The summed E-state index contributed by atoms with van der Waals surface area (Å²) in [6.07, 6.45) is 0. The third-order valence-electron chi connectivity index (χ3n) is 1.74. The minimum absolute atomic E-state index is 0.289. The van der Waals surface area contributed by atoms with Gasteiger partial charge in [0.2, 0.25) is 5.71 Å². The van der Waals surface area contributed by atoms with Crippen LogP contribution in [0.5, 0.6) is 5.75 Å². The molecule has 0 heterocycles. The Hall–Kier alpha value is -1.76. The number of hydrogen-bond donors (Lipinski definition) is 1. The van der Waals surface area contributed by atoms with Crippen LogP contribution in [0.3, 0.4) is 0 Å². The van der Waals surface area contributed by atoms with Crippen LogP contribution < -0.4 is 10.2 Å². The summed E-state index contributed by atoms with van der Waals surface area (Å²) in [4.78, 5) is 0. The molecule has 0 saturated carbocycles. The van der Waals surface area contributed by atoms with Crippen molar-refractivity contribution in [3.8, 4) is 17.9 Å². The maximum atomic E-state index is 8.51. The Morgan fingerprint density at radius 3 is 2.65 bits per heavy atom. The van der Waals surface area contributed by atoms with Crippen molar-refractivity contribution in [2.24, 2.45) is 5.10 Å². The largest absolute Gasteiger partial charge is 0.495 e. The van der Waals surface area contributed by atoms with E-state index < -0.39 is 0 Å². The van der Waals surface area contributed by atoms with E-state index in [2.05, 4.69) is 26.5 Å². The van der Waals surface area contributed by atoms with Gasteiger partial charge in [-0.05, 0) is 22.0 Å². The van der Waals surface area contributed by atoms with Gasteiger partial charge in [-0.25, -0.2) is 0 Å². The van der Waals surface area contributed by atoms with Gasteiger partial charge in [0.1, 0.15) is 17.9 Å². The lowest BCUT2D eigenvalue weighted by Gasteiger charge is -2.08. The molecule has 1 aromatic carbocycles. The Morgan fingerprint density at radius 1 is 1.47 bits per heavy atom. The molecule has 0 fully saturated rings. The number of rotatable bonds is 3. The number of hydrazone groups is 1. The molecular weight excluding hydrogens is 307 g/mol. The first-order valence-electron chi connectivity index (χ1n) is 4.29. The SMILES string of the molecule is COc1cc(NN=C(C#N)C#N)c(Cl)cc1Br. The minimum Gasteiger partial charge on any atom is -0.495 e. The molecule has 0 amide bonds. The van der Waals surface area contributed by atoms with Gasteiger partial charge in [0.25, 0.3) is 0 Å². The van der Waals surface area contributed by atoms with E-state index in [9.17, 15) is 0 Å². The zero-order valence-electron chi connectivity index (χ0n) is 8.66. The molecule has 0 aliphatic carbocycles. The predicted octanol–water partition coefficient (Wildman–Crippen LogP) is 2.93. The number of halogens is 2. The number of methoxy groups -OCH3 is 1. The van der Waals surface area contributed by atoms with Gasteiger partial charge in [-0.2, -0.15) is 15.6 Å². The average Bonchev–Trinajstić information content (AvgIpc) is 2.32. The molecule has 17 heavy (non-hydrogen) atoms. The van der Waals surface area contributed by atoms with Crippen molar-refractivity contribution in [2.45, 2.75) is 0 Å². The Labute approximate surface area is 111 Å². The summed E-state index contributed by atoms with van der Waals surface area (Å²) in [5.74, 6) is 0.558. The summed E-state index contributed by atoms with van der Waals surface area (Å²) in [5.41, 5.74) is 2.68. The molecule has 0 atom stereocenters. The van der Waals surface area contributed by atoms with Crippen molar-refractivity contribution in [1.82, 2.24) is 0 Å². The van der Waals surface area contributed by atoms with E-state index in [4.69, 9.17) is 26.9 Å². The summed E-state index contributed by atoms with van der Waals surface area (Å²) >= 11 is 9.22. The number of nitrogens with one attached hydrogen (secondary N) is 1. The Bertz CT molecular complexity index is 528. The lowest BCUT2D eigenvalue weighted by Crippen LogP contribution is -1.97. The van der Waals surface area contributed by atoms with Crippen LogP contribution in [0.4, 0.5) is 5.69 Å². The van der Waals surface area contributed by atoms with Crippen LogP contribution in [0.15, 0.2) is 21.7 Å². The van der Waals surface area contributed by atoms with E-state index in [1.165, 1.54) is 7.11 Å². The highest BCUT2D eigenvalue weighted by atomic mass is 79.9. The topological polar surface area (TPSA) is 81.2 Å². The van der Waals surface area contributed by atoms with Gasteiger partial charge in [0.05, 0.1) is 22.3 Å². The van der Waals surface area contributed by atoms with E-state index in [0.29, 0.717) is 20.9 Å². The van der Waals surface area contributed by atoms with Crippen LogP contribution in [-0.2, 0) is 0 Å². The fraction of sp³-hybridized carbons (Fsp3) is 0.100. The fourth-order valence-corrected chi connectivity index (χ4v) is 1.81. The standard InChI is InChI=1S/C10H6BrClN4O/c1-17-10-3-9(8(12)2-7(10)11)16-15-6(4-13)5-14/h2-3,16H,1H3. The van der Waals surface area contributed by atoms with Crippen molar-refractivity contribution in [3.05, 3.63) is 21.6 Å². The smallest absolute Gasteiger partial charge is 0.237 e. The molecule has 7 heteroatoms. The van der Waals surface area contributed by atoms with Crippen LogP contribution >= 0.6 is 27.5 Å². The maximum Gasteiger partial charge on any atom is 0.237 e. The Kier molecular flexibility index (Phi) is 4.77. The van der Waals surface area contributed by atoms with Crippen molar-refractivity contribution in [2.75, 3.05) is 12.5 Å². The zero-order valence-corrected chi connectivity index (χ0v) is 11.0. The van der Waals surface area contributed by atoms with Gasteiger partial charge < -0.3 is 4.74 Å². The first-order chi connectivity index (χ1) is 8.12. The van der Waals surface area contributed by atoms with E-state index >= 15 is 0 Å². The second-order valence-corrected chi connectivity index (χ2v) is 4.02. The highest BCUT2D eigenvalue weighted by Crippen LogP contribution is 2.34. The third-order valence-corrected chi connectivity index (χ3v) is 2.67. The number of hydrogen-bond acceptors (Lipinski definition) is 5. The van der Waals surface area contributed by atoms with Crippen LogP contribution in [0.1, 0.15) is 0 Å². The normalized spacial score (nSPS) is 8.76. The number of benzene rings is 1. The zero-order chi connectivity index (χ0) is 12.8. The molecule has 0 unspecified atom stereocenters. The summed E-state index contributed by atoms with van der Waals surface area (Å²) in [7, 11) is 1.51. The third kappa shape index (κ3) is 3.35. The first-order valence-corrected chi connectivity index (χ1v) is 5.46. The lowest BCUT2D eigenvalue weighted by molar-refractivity contribution is 0.412. The highest BCUT2D eigenvalue weighted by molar-refractivity contribution is 9.10. The van der Waals surface area contributed by atoms with Crippen LogP contribution in [-0.4, -0.2) is 12.8 Å². The summed E-state index contributed by atoms with van der Waals surface area (Å²) in [6.45, 7) is 0. The second-order valence-electron chi connectivity index (χ2n) is 2.76. The first kappa shape index (κ1) is 13.3. The molecule has 0 spiro atoms. The van der Waals surface area contributed by atoms with Gasteiger partial charge in [-0.3, -0.25) is 5.43 Å². The maximum absolute atomic E-state index is 8.51. The Balaban J connectivity index is 3.05. The number of ether oxygens (including phenoxy) is 1. The average molecular weight is 314 g/mol. The van der Waals surface area contributed by atoms with E-state index in [0.717, 1.165) is 0 Å². The number of nitriles is 2. The van der Waals surface area contributed by atoms with E-state index in [-0.39, 0.29) is 5.71 Å². The van der Waals surface area contributed by atoms with Crippen molar-refractivity contribution < 1.29 is 4.74 Å². The Morgan fingerprint density at radius 2 is 2.12 bits per heavy atom. The minimum atomic E-state index is -0.289. The molecule has 1 rings (SSSR count). The van der Waals surface area contributed by atoms with Gasteiger partial charge in [-0.1, -0.05) is 11.6 Å². The molecule has 0 bridgehead atoms. The van der Waals surface area contributed by atoms with Gasteiger partial charge >= 0.3 is 0 Å². The van der Waals surface area contributed by atoms with Gasteiger partial charge in [0, 0.05) is 6.07 Å². The van der Waals surface area contributed by atoms with E-state index in [1.807, 2.05) is 0 Å². The van der Waals surface area contributed by atoms with Crippen LogP contribution in [0.2, 0.25) is 5.02 Å². The second kappa shape index (κ2) is 6.09.